The number of hydrogen-bond acceptors (Lipinski definition) is 5. The van der Waals surface area contributed by atoms with Crippen molar-refractivity contribution in [2.24, 2.45) is 0 Å². The predicted octanol–water partition coefficient (Wildman–Crippen LogP) is 0.0448. The van der Waals surface area contributed by atoms with Crippen molar-refractivity contribution >= 4 is 44.9 Å². The van der Waals surface area contributed by atoms with Gasteiger partial charge in [0.1, 0.15) is 11.5 Å². The van der Waals surface area contributed by atoms with Gasteiger partial charge in [-0.05, 0) is 26.0 Å². The van der Waals surface area contributed by atoms with Crippen LogP contribution in [0.15, 0.2) is 29.6 Å². The van der Waals surface area contributed by atoms with Gasteiger partial charge < -0.3 is 30.9 Å². The van der Waals surface area contributed by atoms with Crippen LogP contribution < -0.4 is 9.47 Å². The number of H-pyrrole nitrogens is 1. The molecule has 1 atom stereocenters. The van der Waals surface area contributed by atoms with E-state index in [4.69, 9.17) is 9.47 Å². The summed E-state index contributed by atoms with van der Waals surface area (Å²) in [6, 6.07) is 5.50. The highest BCUT2D eigenvalue weighted by molar-refractivity contribution is 7.84. The Kier molecular flexibility index (Phi) is 12.1. The van der Waals surface area contributed by atoms with Crippen molar-refractivity contribution in [1.29, 1.82) is 0 Å². The summed E-state index contributed by atoms with van der Waals surface area (Å²) in [5.74, 6) is 1.79. The van der Waals surface area contributed by atoms with Gasteiger partial charge in [0.2, 0.25) is 0 Å². The molecule has 28 heavy (non-hydrogen) atoms. The summed E-state index contributed by atoms with van der Waals surface area (Å²) in [4.78, 5) is 11.9. The van der Waals surface area contributed by atoms with Crippen LogP contribution in [0, 0.1) is 13.8 Å². The molecule has 0 saturated heterocycles. The molecule has 1 aromatic carbocycles. The van der Waals surface area contributed by atoms with Crippen LogP contribution in [-0.2, 0) is 16.6 Å². The zero-order valence-electron chi connectivity index (χ0n) is 16.3. The second kappa shape index (κ2) is 11.9. The number of methoxy groups -OCH3 is 2. The maximum absolute atomic E-state index is 12.7. The number of pyridine rings is 1. The SMILES string of the molecule is COc1ccc2nc(S(=O)Cc3ncc(C)c(OC)c3C)[nH]c2c1.O.O.O.[Mg]. The molecule has 9 nitrogen and oxygen atoms in total. The molecule has 0 spiro atoms. The number of aromatic amines is 1. The summed E-state index contributed by atoms with van der Waals surface area (Å²) in [6.07, 6.45) is 1.74. The lowest BCUT2D eigenvalue weighted by atomic mass is 10.1. The quantitative estimate of drug-likeness (QED) is 0.570. The zero-order valence-corrected chi connectivity index (χ0v) is 18.5. The van der Waals surface area contributed by atoms with E-state index in [1.54, 1.807) is 20.4 Å². The topological polar surface area (TPSA) is 172 Å². The van der Waals surface area contributed by atoms with E-state index in [9.17, 15) is 4.21 Å². The third kappa shape index (κ3) is 5.62. The van der Waals surface area contributed by atoms with Gasteiger partial charge in [-0.15, -0.1) is 0 Å². The van der Waals surface area contributed by atoms with Gasteiger partial charge >= 0.3 is 0 Å². The standard InChI is InChI=1S/C17H19N3O3S.Mg.3H2O/c1-10-8-18-15(11(2)16(10)23-4)9-24(21)17-19-13-6-5-12(22-3)7-14(13)20-17;;;;/h5-8H,9H2,1-4H3,(H,19,20);;3*1H2. The molecule has 0 aliphatic heterocycles. The highest BCUT2D eigenvalue weighted by atomic mass is 32.2. The molecule has 11 heteroatoms. The molecule has 0 aliphatic rings. The molecule has 0 amide bonds. The Labute approximate surface area is 181 Å². The number of aromatic nitrogens is 3. The third-order valence-corrected chi connectivity index (χ3v) is 5.06. The number of benzene rings is 1. The summed E-state index contributed by atoms with van der Waals surface area (Å²) in [7, 11) is 1.91. The highest BCUT2D eigenvalue weighted by Gasteiger charge is 2.16. The lowest BCUT2D eigenvalue weighted by Crippen LogP contribution is -2.05. The largest absolute Gasteiger partial charge is 0.497 e. The van der Waals surface area contributed by atoms with Crippen LogP contribution >= 0.6 is 0 Å². The first kappa shape index (κ1) is 28.4. The van der Waals surface area contributed by atoms with Crippen molar-refractivity contribution in [2.45, 2.75) is 24.8 Å². The van der Waals surface area contributed by atoms with E-state index in [0.29, 0.717) is 5.16 Å². The van der Waals surface area contributed by atoms with E-state index in [0.717, 1.165) is 39.4 Å². The van der Waals surface area contributed by atoms with E-state index in [1.807, 2.05) is 32.0 Å². The van der Waals surface area contributed by atoms with Gasteiger partial charge in [-0.2, -0.15) is 0 Å². The number of fused-ring (bicyclic) bond motifs is 1. The number of hydrogen-bond donors (Lipinski definition) is 1. The van der Waals surface area contributed by atoms with Crippen LogP contribution in [0.1, 0.15) is 16.8 Å². The number of aryl methyl sites for hydroxylation is 1. The molecular weight excluding hydrogens is 399 g/mol. The van der Waals surface area contributed by atoms with Crippen LogP contribution in [0.4, 0.5) is 0 Å². The third-order valence-electron chi connectivity index (χ3n) is 3.90. The first-order chi connectivity index (χ1) is 11.5. The first-order valence-electron chi connectivity index (χ1n) is 7.44. The van der Waals surface area contributed by atoms with Gasteiger partial charge in [0.15, 0.2) is 5.16 Å². The molecule has 0 bridgehead atoms. The number of rotatable bonds is 5. The minimum atomic E-state index is -1.33. The van der Waals surface area contributed by atoms with Crippen LogP contribution in [0.3, 0.4) is 0 Å². The fraction of sp³-hybridized carbons (Fsp3) is 0.294. The molecule has 0 saturated carbocycles. The van der Waals surface area contributed by atoms with Crippen molar-refractivity contribution in [1.82, 2.24) is 15.0 Å². The van der Waals surface area contributed by atoms with E-state index in [2.05, 4.69) is 15.0 Å². The monoisotopic (exact) mass is 423 g/mol. The minimum absolute atomic E-state index is 0. The second-order valence-corrected chi connectivity index (χ2v) is 6.83. The Morgan fingerprint density at radius 3 is 2.39 bits per heavy atom. The summed E-state index contributed by atoms with van der Waals surface area (Å²) < 4.78 is 23.3. The summed E-state index contributed by atoms with van der Waals surface area (Å²) in [5.41, 5.74) is 4.16. The normalized spacial score (nSPS) is 10.6. The maximum atomic E-state index is 12.7. The molecule has 3 rings (SSSR count). The van der Waals surface area contributed by atoms with E-state index in [-0.39, 0.29) is 45.2 Å². The molecule has 0 fully saturated rings. The lowest BCUT2D eigenvalue weighted by molar-refractivity contribution is 0.407. The number of imidazole rings is 1. The average Bonchev–Trinajstić information content (AvgIpc) is 3.01. The van der Waals surface area contributed by atoms with Crippen molar-refractivity contribution in [3.63, 3.8) is 0 Å². The Hall–Kier alpha value is -1.76. The molecule has 0 aliphatic carbocycles. The fourth-order valence-electron chi connectivity index (χ4n) is 2.61. The first-order valence-corrected chi connectivity index (χ1v) is 8.76. The Morgan fingerprint density at radius 2 is 1.79 bits per heavy atom. The highest BCUT2D eigenvalue weighted by Crippen LogP contribution is 2.26. The van der Waals surface area contributed by atoms with Gasteiger partial charge in [0.05, 0.1) is 47.5 Å². The van der Waals surface area contributed by atoms with Crippen molar-refractivity contribution in [3.05, 3.63) is 41.2 Å². The van der Waals surface area contributed by atoms with Gasteiger partial charge in [-0.25, -0.2) is 4.98 Å². The fourth-order valence-corrected chi connectivity index (χ4v) is 3.71. The Balaban J connectivity index is 0. The van der Waals surface area contributed by atoms with Gasteiger partial charge in [-0.1, -0.05) is 0 Å². The van der Waals surface area contributed by atoms with Gasteiger partial charge in [0, 0.05) is 46.4 Å². The number of ether oxygens (including phenoxy) is 2. The Bertz CT molecular complexity index is 935. The van der Waals surface area contributed by atoms with Crippen molar-refractivity contribution < 1.29 is 30.1 Å². The van der Waals surface area contributed by atoms with Crippen LogP contribution in [0.2, 0.25) is 0 Å². The van der Waals surface area contributed by atoms with Crippen LogP contribution in [0.5, 0.6) is 11.5 Å². The molecule has 2 radical (unpaired) electrons. The molecule has 2 heterocycles. The molecule has 7 N–H and O–H groups in total. The molecule has 1 unspecified atom stereocenters. The molecule has 152 valence electrons. The van der Waals surface area contributed by atoms with Gasteiger partial charge in [-0.3, -0.25) is 9.19 Å². The van der Waals surface area contributed by atoms with E-state index in [1.165, 1.54) is 0 Å². The van der Waals surface area contributed by atoms with E-state index >= 15 is 0 Å². The Morgan fingerprint density at radius 1 is 1.11 bits per heavy atom. The average molecular weight is 424 g/mol. The van der Waals surface area contributed by atoms with Gasteiger partial charge in [0.25, 0.3) is 0 Å². The predicted molar refractivity (Wildman–Crippen MR) is 110 cm³/mol. The molecule has 2 aromatic heterocycles. The lowest BCUT2D eigenvalue weighted by Gasteiger charge is -2.11. The second-order valence-electron chi connectivity index (χ2n) is 5.46. The molecular formula is C17H25MgN3O6S. The van der Waals surface area contributed by atoms with Crippen LogP contribution in [0.25, 0.3) is 11.0 Å². The van der Waals surface area contributed by atoms with E-state index < -0.39 is 10.8 Å². The maximum Gasteiger partial charge on any atom is 0.197 e. The molecule has 3 aromatic rings. The van der Waals surface area contributed by atoms with Crippen molar-refractivity contribution in [2.75, 3.05) is 14.2 Å². The number of nitrogens with zero attached hydrogens (tertiary/aromatic N) is 2. The zero-order chi connectivity index (χ0) is 17.3. The summed E-state index contributed by atoms with van der Waals surface area (Å²) >= 11 is 0. The minimum Gasteiger partial charge on any atom is -0.497 e. The number of nitrogens with one attached hydrogen (secondary N) is 1. The van der Waals surface area contributed by atoms with Crippen molar-refractivity contribution in [3.8, 4) is 11.5 Å². The summed E-state index contributed by atoms with van der Waals surface area (Å²) in [5, 5.41) is 0.430. The summed E-state index contributed by atoms with van der Waals surface area (Å²) in [6.45, 7) is 3.86. The smallest absolute Gasteiger partial charge is 0.197 e. The van der Waals surface area contributed by atoms with Crippen LogP contribution in [-0.4, -0.2) is 72.9 Å².